The van der Waals surface area contributed by atoms with Crippen LogP contribution in [0.15, 0.2) is 30.5 Å². The molecule has 2 rings (SSSR count). The molecule has 0 radical (unpaired) electrons. The summed E-state index contributed by atoms with van der Waals surface area (Å²) in [5.41, 5.74) is 1.21. The standard InChI is InChI=1S/C13H14ClN3O2/c1-8-12(14)7-17(16-8)9(2)13(19)15-10-4-3-5-11(18)6-10/h3-7,9,18H,1-2H3,(H,15,19)/t9-/m0/s1. The second-order valence-corrected chi connectivity index (χ2v) is 4.67. The highest BCUT2D eigenvalue weighted by molar-refractivity contribution is 6.31. The topological polar surface area (TPSA) is 67.2 Å². The molecule has 6 heteroatoms. The third-order valence-electron chi connectivity index (χ3n) is 2.75. The minimum absolute atomic E-state index is 0.100. The summed E-state index contributed by atoms with van der Waals surface area (Å²) in [4.78, 5) is 12.0. The summed E-state index contributed by atoms with van der Waals surface area (Å²) in [6.45, 7) is 3.50. The maximum absolute atomic E-state index is 12.0. The molecular formula is C13H14ClN3O2. The molecule has 0 bridgehead atoms. The first-order chi connectivity index (χ1) is 8.97. The number of carbonyl (C=O) groups excluding carboxylic acids is 1. The van der Waals surface area contributed by atoms with E-state index in [0.29, 0.717) is 16.4 Å². The Morgan fingerprint density at radius 2 is 2.26 bits per heavy atom. The fraction of sp³-hybridized carbons (Fsp3) is 0.231. The number of rotatable bonds is 3. The zero-order chi connectivity index (χ0) is 14.0. The molecule has 0 unspecified atom stereocenters. The first-order valence-electron chi connectivity index (χ1n) is 5.78. The number of phenols is 1. The number of hydrogen-bond donors (Lipinski definition) is 2. The van der Waals surface area contributed by atoms with Crippen LogP contribution in [0.5, 0.6) is 5.75 Å². The van der Waals surface area contributed by atoms with Gasteiger partial charge in [-0.15, -0.1) is 0 Å². The number of halogens is 1. The van der Waals surface area contributed by atoms with E-state index in [0.717, 1.165) is 0 Å². The van der Waals surface area contributed by atoms with Crippen molar-refractivity contribution in [1.29, 1.82) is 0 Å². The molecule has 1 aromatic carbocycles. The van der Waals surface area contributed by atoms with Gasteiger partial charge in [-0.25, -0.2) is 0 Å². The Kier molecular flexibility index (Phi) is 3.76. The third-order valence-corrected chi connectivity index (χ3v) is 3.12. The molecule has 0 aliphatic heterocycles. The van der Waals surface area contributed by atoms with E-state index >= 15 is 0 Å². The highest BCUT2D eigenvalue weighted by Gasteiger charge is 2.17. The molecule has 1 heterocycles. The number of anilines is 1. The summed E-state index contributed by atoms with van der Waals surface area (Å²) >= 11 is 5.91. The van der Waals surface area contributed by atoms with E-state index in [2.05, 4.69) is 10.4 Å². The lowest BCUT2D eigenvalue weighted by Gasteiger charge is -2.12. The fourth-order valence-electron chi connectivity index (χ4n) is 1.61. The molecule has 0 aliphatic carbocycles. The number of nitrogens with one attached hydrogen (secondary N) is 1. The van der Waals surface area contributed by atoms with E-state index < -0.39 is 6.04 Å². The van der Waals surface area contributed by atoms with Gasteiger partial charge in [-0.2, -0.15) is 5.10 Å². The molecule has 0 saturated carbocycles. The van der Waals surface area contributed by atoms with Gasteiger partial charge in [0.1, 0.15) is 11.8 Å². The number of aryl methyl sites for hydroxylation is 1. The highest BCUT2D eigenvalue weighted by atomic mass is 35.5. The number of hydrogen-bond acceptors (Lipinski definition) is 3. The molecule has 1 aromatic heterocycles. The van der Waals surface area contributed by atoms with Crippen molar-refractivity contribution in [2.45, 2.75) is 19.9 Å². The average Bonchev–Trinajstić information content (AvgIpc) is 2.68. The lowest BCUT2D eigenvalue weighted by molar-refractivity contribution is -0.119. The Balaban J connectivity index is 2.11. The predicted molar refractivity (Wildman–Crippen MR) is 73.4 cm³/mol. The van der Waals surface area contributed by atoms with Crippen LogP contribution in [0.4, 0.5) is 5.69 Å². The Labute approximate surface area is 115 Å². The monoisotopic (exact) mass is 279 g/mol. The molecule has 2 aromatic rings. The van der Waals surface area contributed by atoms with Crippen molar-refractivity contribution in [2.75, 3.05) is 5.32 Å². The van der Waals surface area contributed by atoms with E-state index in [1.807, 2.05) is 0 Å². The number of phenolic OH excluding ortho intramolecular Hbond substituents is 1. The van der Waals surface area contributed by atoms with Crippen molar-refractivity contribution in [3.05, 3.63) is 41.2 Å². The van der Waals surface area contributed by atoms with Crippen LogP contribution in [0.25, 0.3) is 0 Å². The van der Waals surface area contributed by atoms with E-state index in [1.165, 1.54) is 16.8 Å². The van der Waals surface area contributed by atoms with Gasteiger partial charge in [-0.3, -0.25) is 9.48 Å². The maximum Gasteiger partial charge on any atom is 0.248 e. The van der Waals surface area contributed by atoms with Gasteiger partial charge in [0.05, 0.1) is 10.7 Å². The van der Waals surface area contributed by atoms with Crippen molar-refractivity contribution >= 4 is 23.2 Å². The molecule has 19 heavy (non-hydrogen) atoms. The van der Waals surface area contributed by atoms with Gasteiger partial charge < -0.3 is 10.4 Å². The highest BCUT2D eigenvalue weighted by Crippen LogP contribution is 2.19. The first kappa shape index (κ1) is 13.4. The lowest BCUT2D eigenvalue weighted by atomic mass is 10.2. The number of aromatic nitrogens is 2. The number of benzene rings is 1. The van der Waals surface area contributed by atoms with Crippen molar-refractivity contribution < 1.29 is 9.90 Å². The summed E-state index contributed by atoms with van der Waals surface area (Å²) in [5.74, 6) is -0.131. The number of aromatic hydroxyl groups is 1. The summed E-state index contributed by atoms with van der Waals surface area (Å²) in [6.07, 6.45) is 1.61. The quantitative estimate of drug-likeness (QED) is 0.908. The second kappa shape index (κ2) is 5.32. The summed E-state index contributed by atoms with van der Waals surface area (Å²) in [7, 11) is 0. The van der Waals surface area contributed by atoms with Gasteiger partial charge in [0.2, 0.25) is 5.91 Å². The Morgan fingerprint density at radius 3 is 2.84 bits per heavy atom. The normalized spacial score (nSPS) is 12.2. The van der Waals surface area contributed by atoms with E-state index in [4.69, 9.17) is 11.6 Å². The Hall–Kier alpha value is -2.01. The minimum Gasteiger partial charge on any atom is -0.508 e. The average molecular weight is 280 g/mol. The number of amides is 1. The molecule has 5 nitrogen and oxygen atoms in total. The molecule has 0 spiro atoms. The molecule has 0 saturated heterocycles. The summed E-state index contributed by atoms with van der Waals surface area (Å²) < 4.78 is 1.51. The van der Waals surface area contributed by atoms with Crippen molar-refractivity contribution in [2.24, 2.45) is 0 Å². The molecular weight excluding hydrogens is 266 g/mol. The second-order valence-electron chi connectivity index (χ2n) is 4.26. The summed E-state index contributed by atoms with van der Waals surface area (Å²) in [6, 6.07) is 5.88. The van der Waals surface area contributed by atoms with Crippen LogP contribution in [-0.4, -0.2) is 20.8 Å². The van der Waals surface area contributed by atoms with Gasteiger partial charge in [-0.05, 0) is 26.0 Å². The first-order valence-corrected chi connectivity index (χ1v) is 6.16. The van der Waals surface area contributed by atoms with Crippen LogP contribution < -0.4 is 5.32 Å². The third kappa shape index (κ3) is 3.06. The molecule has 1 amide bonds. The Bertz CT molecular complexity index is 590. The van der Waals surface area contributed by atoms with Crippen LogP contribution >= 0.6 is 11.6 Å². The zero-order valence-electron chi connectivity index (χ0n) is 10.6. The number of carbonyl (C=O) groups is 1. The van der Waals surface area contributed by atoms with E-state index in [9.17, 15) is 9.90 Å². The molecule has 1 atom stereocenters. The zero-order valence-corrected chi connectivity index (χ0v) is 11.3. The van der Waals surface area contributed by atoms with E-state index in [-0.39, 0.29) is 11.7 Å². The molecule has 100 valence electrons. The molecule has 2 N–H and O–H groups in total. The van der Waals surface area contributed by atoms with Gasteiger partial charge in [0.15, 0.2) is 0 Å². The smallest absolute Gasteiger partial charge is 0.248 e. The van der Waals surface area contributed by atoms with Crippen LogP contribution in [-0.2, 0) is 4.79 Å². The summed E-state index contributed by atoms with van der Waals surface area (Å²) in [5, 5.41) is 16.7. The van der Waals surface area contributed by atoms with Gasteiger partial charge in [0.25, 0.3) is 0 Å². The fourth-order valence-corrected chi connectivity index (χ4v) is 1.75. The van der Waals surface area contributed by atoms with Crippen molar-refractivity contribution in [1.82, 2.24) is 9.78 Å². The SMILES string of the molecule is Cc1nn([C@@H](C)C(=O)Nc2cccc(O)c2)cc1Cl. The van der Waals surface area contributed by atoms with Crippen molar-refractivity contribution in [3.8, 4) is 5.75 Å². The molecule has 0 aliphatic rings. The van der Waals surface area contributed by atoms with Crippen LogP contribution in [0.1, 0.15) is 18.7 Å². The van der Waals surface area contributed by atoms with Crippen LogP contribution in [0.3, 0.4) is 0 Å². The van der Waals surface area contributed by atoms with Gasteiger partial charge in [-0.1, -0.05) is 17.7 Å². The van der Waals surface area contributed by atoms with Crippen LogP contribution in [0, 0.1) is 6.92 Å². The van der Waals surface area contributed by atoms with Gasteiger partial charge in [0, 0.05) is 18.0 Å². The Morgan fingerprint density at radius 1 is 1.53 bits per heavy atom. The minimum atomic E-state index is -0.492. The van der Waals surface area contributed by atoms with Crippen LogP contribution in [0.2, 0.25) is 5.02 Å². The predicted octanol–water partition coefficient (Wildman–Crippen LogP) is 2.75. The maximum atomic E-state index is 12.0. The lowest BCUT2D eigenvalue weighted by Crippen LogP contribution is -2.24. The van der Waals surface area contributed by atoms with Crippen molar-refractivity contribution in [3.63, 3.8) is 0 Å². The van der Waals surface area contributed by atoms with Gasteiger partial charge >= 0.3 is 0 Å². The largest absolute Gasteiger partial charge is 0.508 e. The molecule has 0 fully saturated rings. The number of nitrogens with zero attached hydrogens (tertiary/aromatic N) is 2. The van der Waals surface area contributed by atoms with E-state index in [1.54, 1.807) is 32.2 Å².